The van der Waals surface area contributed by atoms with Crippen molar-refractivity contribution in [3.63, 3.8) is 0 Å². The molecule has 0 aromatic heterocycles. The number of hydrogen-bond acceptors (Lipinski definition) is 1. The Morgan fingerprint density at radius 2 is 1.12 bits per heavy atom. The lowest BCUT2D eigenvalue weighted by molar-refractivity contribution is -0.441. The Labute approximate surface area is 83.2 Å². The van der Waals surface area contributed by atoms with E-state index >= 15 is 0 Å². The van der Waals surface area contributed by atoms with Gasteiger partial charge in [-0.05, 0) is 6.92 Å². The van der Waals surface area contributed by atoms with Crippen molar-refractivity contribution in [2.24, 2.45) is 0 Å². The van der Waals surface area contributed by atoms with E-state index in [1.54, 1.807) is 0 Å². The Kier molecular flexibility index (Phi) is 4.12. The SMILES string of the molecule is CC(OC(F)(C(F)(F)F)C(F)(F)F)C(F)F. The summed E-state index contributed by atoms with van der Waals surface area (Å²) in [5.74, 6) is -6.10. The summed E-state index contributed by atoms with van der Waals surface area (Å²) in [7, 11) is 0. The predicted octanol–water partition coefficient (Wildman–Crippen LogP) is 3.45. The van der Waals surface area contributed by atoms with Gasteiger partial charge in [0, 0.05) is 0 Å². The first-order valence-electron chi connectivity index (χ1n) is 3.61. The molecule has 98 valence electrons. The van der Waals surface area contributed by atoms with Gasteiger partial charge in [0.1, 0.15) is 6.10 Å². The minimum atomic E-state index is -6.49. The minimum absolute atomic E-state index is 0.191. The van der Waals surface area contributed by atoms with Crippen molar-refractivity contribution in [3.8, 4) is 0 Å². The average Bonchev–Trinajstić information content (AvgIpc) is 1.99. The molecule has 0 aliphatic heterocycles. The molecular weight excluding hydrogens is 259 g/mol. The Hall–Kier alpha value is -0.670. The summed E-state index contributed by atoms with van der Waals surface area (Å²) in [6, 6.07) is 0. The van der Waals surface area contributed by atoms with Gasteiger partial charge in [-0.3, -0.25) is 0 Å². The van der Waals surface area contributed by atoms with E-state index in [-0.39, 0.29) is 6.92 Å². The highest BCUT2D eigenvalue weighted by Gasteiger charge is 2.75. The lowest BCUT2D eigenvalue weighted by Gasteiger charge is -2.31. The summed E-state index contributed by atoms with van der Waals surface area (Å²) in [6.07, 6.45) is -19.5. The largest absolute Gasteiger partial charge is 0.458 e. The fourth-order valence-electron chi connectivity index (χ4n) is 0.602. The first-order valence-corrected chi connectivity index (χ1v) is 3.61. The van der Waals surface area contributed by atoms with Crippen LogP contribution in [0.15, 0.2) is 0 Å². The lowest BCUT2D eigenvalue weighted by atomic mass is 10.2. The molecule has 0 spiro atoms. The van der Waals surface area contributed by atoms with E-state index in [1.165, 1.54) is 0 Å². The molecule has 0 radical (unpaired) electrons. The van der Waals surface area contributed by atoms with Gasteiger partial charge in [0.25, 0.3) is 6.43 Å². The zero-order chi connectivity index (χ0) is 13.4. The zero-order valence-corrected chi connectivity index (χ0v) is 7.46. The standard InChI is InChI=1S/C6H5F9O/c1-2(3(7)8)16-4(9,5(10,11)12)6(13,14)15/h2-3H,1H3. The molecule has 0 amide bonds. The molecule has 10 heteroatoms. The fraction of sp³-hybridized carbons (Fsp3) is 1.00. The molecular formula is C6H5F9O. The van der Waals surface area contributed by atoms with E-state index in [4.69, 9.17) is 0 Å². The third-order valence-corrected chi connectivity index (χ3v) is 1.43. The second-order valence-corrected chi connectivity index (χ2v) is 2.75. The van der Waals surface area contributed by atoms with Crippen molar-refractivity contribution < 1.29 is 44.3 Å². The molecule has 0 aliphatic rings. The number of ether oxygens (including phenoxy) is 1. The Morgan fingerprint density at radius 3 is 1.31 bits per heavy atom. The van der Waals surface area contributed by atoms with Crippen LogP contribution in [-0.2, 0) is 4.74 Å². The molecule has 0 rings (SSSR count). The quantitative estimate of drug-likeness (QED) is 0.709. The van der Waals surface area contributed by atoms with Gasteiger partial charge in [0.05, 0.1) is 0 Å². The highest BCUT2D eigenvalue weighted by molar-refractivity contribution is 4.86. The third-order valence-electron chi connectivity index (χ3n) is 1.43. The van der Waals surface area contributed by atoms with E-state index in [2.05, 4.69) is 4.74 Å². The van der Waals surface area contributed by atoms with Crippen LogP contribution in [-0.4, -0.2) is 30.7 Å². The first-order chi connectivity index (χ1) is 6.83. The molecule has 0 fully saturated rings. The van der Waals surface area contributed by atoms with Crippen molar-refractivity contribution in [3.05, 3.63) is 0 Å². The maximum absolute atomic E-state index is 12.6. The second kappa shape index (κ2) is 4.30. The Balaban J connectivity index is 5.14. The minimum Gasteiger partial charge on any atom is -0.323 e. The van der Waals surface area contributed by atoms with Gasteiger partial charge in [0.15, 0.2) is 0 Å². The number of alkyl halides is 9. The molecule has 0 heterocycles. The summed E-state index contributed by atoms with van der Waals surface area (Å²) in [4.78, 5) is 0. The van der Waals surface area contributed by atoms with Crippen LogP contribution in [0.4, 0.5) is 39.5 Å². The molecule has 0 aromatic carbocycles. The van der Waals surface area contributed by atoms with Gasteiger partial charge in [-0.1, -0.05) is 0 Å². The first kappa shape index (κ1) is 15.3. The van der Waals surface area contributed by atoms with Crippen LogP contribution >= 0.6 is 0 Å². The van der Waals surface area contributed by atoms with Gasteiger partial charge < -0.3 is 4.74 Å². The number of rotatable bonds is 3. The van der Waals surface area contributed by atoms with Crippen LogP contribution in [0.1, 0.15) is 6.92 Å². The van der Waals surface area contributed by atoms with Crippen molar-refractivity contribution in [2.75, 3.05) is 0 Å². The molecule has 16 heavy (non-hydrogen) atoms. The highest BCUT2D eigenvalue weighted by atomic mass is 19.4. The molecule has 1 nitrogen and oxygen atoms in total. The van der Waals surface area contributed by atoms with Gasteiger partial charge >= 0.3 is 18.2 Å². The fourth-order valence-corrected chi connectivity index (χ4v) is 0.602. The van der Waals surface area contributed by atoms with Crippen molar-refractivity contribution in [1.29, 1.82) is 0 Å². The smallest absolute Gasteiger partial charge is 0.323 e. The zero-order valence-electron chi connectivity index (χ0n) is 7.46. The number of halogens is 9. The van der Waals surface area contributed by atoms with Crippen molar-refractivity contribution in [1.82, 2.24) is 0 Å². The molecule has 0 saturated carbocycles. The van der Waals surface area contributed by atoms with E-state index in [9.17, 15) is 39.5 Å². The average molecular weight is 264 g/mol. The van der Waals surface area contributed by atoms with Crippen molar-refractivity contribution in [2.45, 2.75) is 37.7 Å². The van der Waals surface area contributed by atoms with Crippen LogP contribution < -0.4 is 0 Å². The van der Waals surface area contributed by atoms with Gasteiger partial charge in [-0.2, -0.15) is 30.7 Å². The Bertz CT molecular complexity index is 215. The van der Waals surface area contributed by atoms with E-state index in [0.29, 0.717) is 0 Å². The molecule has 0 aliphatic carbocycles. The molecule has 0 bridgehead atoms. The molecule has 1 atom stereocenters. The number of hydrogen-bond donors (Lipinski definition) is 0. The molecule has 0 N–H and O–H groups in total. The monoisotopic (exact) mass is 264 g/mol. The van der Waals surface area contributed by atoms with E-state index < -0.39 is 30.7 Å². The lowest BCUT2D eigenvalue weighted by Crippen LogP contribution is -2.57. The predicted molar refractivity (Wildman–Crippen MR) is 32.5 cm³/mol. The van der Waals surface area contributed by atoms with Crippen molar-refractivity contribution >= 4 is 0 Å². The summed E-state index contributed by atoms with van der Waals surface area (Å²) in [6.45, 7) is 0.191. The van der Waals surface area contributed by atoms with Crippen LogP contribution in [0.2, 0.25) is 0 Å². The maximum atomic E-state index is 12.6. The van der Waals surface area contributed by atoms with Gasteiger partial charge in [0.2, 0.25) is 0 Å². The molecule has 0 saturated heterocycles. The third kappa shape index (κ3) is 2.92. The van der Waals surface area contributed by atoms with Crippen LogP contribution in [0, 0.1) is 0 Å². The topological polar surface area (TPSA) is 9.23 Å². The van der Waals surface area contributed by atoms with Gasteiger partial charge in [-0.15, -0.1) is 0 Å². The van der Waals surface area contributed by atoms with E-state index in [1.807, 2.05) is 0 Å². The van der Waals surface area contributed by atoms with E-state index in [0.717, 1.165) is 0 Å². The normalized spacial score (nSPS) is 16.7. The summed E-state index contributed by atoms with van der Waals surface area (Å²) < 4.78 is 109. The maximum Gasteiger partial charge on any atom is 0.458 e. The summed E-state index contributed by atoms with van der Waals surface area (Å²) in [5, 5.41) is 0. The second-order valence-electron chi connectivity index (χ2n) is 2.75. The van der Waals surface area contributed by atoms with Crippen LogP contribution in [0.3, 0.4) is 0 Å². The van der Waals surface area contributed by atoms with Gasteiger partial charge in [-0.25, -0.2) is 8.78 Å². The molecule has 1 unspecified atom stereocenters. The summed E-state index contributed by atoms with van der Waals surface area (Å²) in [5.41, 5.74) is 0. The Morgan fingerprint density at radius 1 is 0.812 bits per heavy atom. The summed E-state index contributed by atoms with van der Waals surface area (Å²) >= 11 is 0. The van der Waals surface area contributed by atoms with Crippen LogP contribution in [0.5, 0.6) is 0 Å². The van der Waals surface area contributed by atoms with Crippen LogP contribution in [0.25, 0.3) is 0 Å². The molecule has 0 aromatic rings. The highest BCUT2D eigenvalue weighted by Crippen LogP contribution is 2.47.